The van der Waals surface area contributed by atoms with Crippen LogP contribution in [-0.4, -0.2) is 39.8 Å². The second-order valence-electron chi connectivity index (χ2n) is 4.90. The van der Waals surface area contributed by atoms with Crippen LogP contribution >= 0.6 is 11.8 Å². The summed E-state index contributed by atoms with van der Waals surface area (Å²) in [5.41, 5.74) is 2.03. The largest absolute Gasteiger partial charge is 0.411 e. The zero-order chi connectivity index (χ0) is 16.7. The van der Waals surface area contributed by atoms with Gasteiger partial charge in [-0.3, -0.25) is 4.79 Å². The standard InChI is InChI=1S/C17H19N3O2S/c1-4-10-20(11-5-2)15(21)12-23-17-19-18-16(22-17)14-8-6-13(3)7-9-14/h4-9H,1-2,10-12H2,3H3. The quantitative estimate of drug-likeness (QED) is 0.549. The molecule has 0 aliphatic carbocycles. The SMILES string of the molecule is C=CCN(CC=C)C(=O)CSc1nnc(-c2ccc(C)cc2)o1. The van der Waals surface area contributed by atoms with Crippen molar-refractivity contribution in [3.63, 3.8) is 0 Å². The van der Waals surface area contributed by atoms with Gasteiger partial charge < -0.3 is 9.32 Å². The van der Waals surface area contributed by atoms with Crippen LogP contribution in [0, 0.1) is 6.92 Å². The average Bonchev–Trinajstić information content (AvgIpc) is 3.02. The van der Waals surface area contributed by atoms with E-state index in [1.807, 2.05) is 31.2 Å². The van der Waals surface area contributed by atoms with Gasteiger partial charge in [-0.25, -0.2) is 0 Å². The summed E-state index contributed by atoms with van der Waals surface area (Å²) in [6, 6.07) is 7.83. The van der Waals surface area contributed by atoms with E-state index in [2.05, 4.69) is 23.4 Å². The third-order valence-corrected chi connectivity index (χ3v) is 3.88. The van der Waals surface area contributed by atoms with Crippen molar-refractivity contribution in [2.45, 2.75) is 12.1 Å². The Bertz CT molecular complexity index is 669. The number of benzene rings is 1. The first-order chi connectivity index (χ1) is 11.1. The van der Waals surface area contributed by atoms with Crippen molar-refractivity contribution in [3.05, 3.63) is 55.1 Å². The molecule has 1 aromatic heterocycles. The first kappa shape index (κ1) is 17.0. The number of carbonyl (C=O) groups excluding carboxylic acids is 1. The fourth-order valence-corrected chi connectivity index (χ4v) is 2.55. The van der Waals surface area contributed by atoms with Crippen LogP contribution in [0.3, 0.4) is 0 Å². The van der Waals surface area contributed by atoms with Crippen LogP contribution in [0.5, 0.6) is 0 Å². The van der Waals surface area contributed by atoms with Gasteiger partial charge >= 0.3 is 0 Å². The van der Waals surface area contributed by atoms with E-state index < -0.39 is 0 Å². The monoisotopic (exact) mass is 329 g/mol. The summed E-state index contributed by atoms with van der Waals surface area (Å²) in [7, 11) is 0. The van der Waals surface area contributed by atoms with Crippen LogP contribution in [0.1, 0.15) is 5.56 Å². The molecule has 6 heteroatoms. The van der Waals surface area contributed by atoms with Gasteiger partial charge in [0.1, 0.15) is 0 Å². The fraction of sp³-hybridized carbons (Fsp3) is 0.235. The number of carbonyl (C=O) groups is 1. The summed E-state index contributed by atoms with van der Waals surface area (Å²) in [6.07, 6.45) is 3.38. The second-order valence-corrected chi connectivity index (χ2v) is 5.83. The molecule has 0 N–H and O–H groups in total. The van der Waals surface area contributed by atoms with Crippen LogP contribution in [0.2, 0.25) is 0 Å². The van der Waals surface area contributed by atoms with Gasteiger partial charge in [0, 0.05) is 18.7 Å². The average molecular weight is 329 g/mol. The predicted octanol–water partition coefficient (Wildman–Crippen LogP) is 3.34. The van der Waals surface area contributed by atoms with Gasteiger partial charge in [-0.2, -0.15) is 0 Å². The summed E-state index contributed by atoms with van der Waals surface area (Å²) in [6.45, 7) is 10.3. The van der Waals surface area contributed by atoms with E-state index in [0.717, 1.165) is 11.1 Å². The highest BCUT2D eigenvalue weighted by Crippen LogP contribution is 2.23. The van der Waals surface area contributed by atoms with Crippen molar-refractivity contribution in [1.29, 1.82) is 0 Å². The Morgan fingerprint density at radius 2 is 1.87 bits per heavy atom. The minimum Gasteiger partial charge on any atom is -0.411 e. The number of thioether (sulfide) groups is 1. The number of aryl methyl sites for hydroxylation is 1. The number of rotatable bonds is 8. The first-order valence-corrected chi connectivity index (χ1v) is 8.15. The predicted molar refractivity (Wildman–Crippen MR) is 92.2 cm³/mol. The van der Waals surface area contributed by atoms with Gasteiger partial charge in [-0.05, 0) is 19.1 Å². The molecule has 2 rings (SSSR count). The molecule has 0 unspecified atom stereocenters. The van der Waals surface area contributed by atoms with Crippen LogP contribution in [-0.2, 0) is 4.79 Å². The lowest BCUT2D eigenvalue weighted by Crippen LogP contribution is -2.32. The van der Waals surface area contributed by atoms with E-state index in [0.29, 0.717) is 24.2 Å². The van der Waals surface area contributed by atoms with Crippen molar-refractivity contribution in [2.24, 2.45) is 0 Å². The van der Waals surface area contributed by atoms with E-state index in [-0.39, 0.29) is 11.7 Å². The maximum Gasteiger partial charge on any atom is 0.277 e. The summed E-state index contributed by atoms with van der Waals surface area (Å²) in [5, 5.41) is 8.37. The maximum atomic E-state index is 12.1. The van der Waals surface area contributed by atoms with E-state index in [1.54, 1.807) is 17.1 Å². The Hall–Kier alpha value is -2.34. The Morgan fingerprint density at radius 3 is 2.48 bits per heavy atom. The molecule has 0 radical (unpaired) electrons. The van der Waals surface area contributed by atoms with Gasteiger partial charge in [0.2, 0.25) is 11.8 Å². The number of hydrogen-bond donors (Lipinski definition) is 0. The highest BCUT2D eigenvalue weighted by Gasteiger charge is 2.14. The molecular weight excluding hydrogens is 310 g/mol. The van der Waals surface area contributed by atoms with Crippen molar-refractivity contribution >= 4 is 17.7 Å². The molecule has 0 saturated heterocycles. The van der Waals surface area contributed by atoms with Crippen LogP contribution < -0.4 is 0 Å². The lowest BCUT2D eigenvalue weighted by atomic mass is 10.1. The molecule has 5 nitrogen and oxygen atoms in total. The molecule has 2 aromatic rings. The molecular formula is C17H19N3O2S. The molecule has 0 fully saturated rings. The molecule has 120 valence electrons. The zero-order valence-corrected chi connectivity index (χ0v) is 13.9. The normalized spacial score (nSPS) is 10.3. The van der Waals surface area contributed by atoms with Crippen molar-refractivity contribution in [1.82, 2.24) is 15.1 Å². The zero-order valence-electron chi connectivity index (χ0n) is 13.1. The van der Waals surface area contributed by atoms with Crippen LogP contribution in [0.25, 0.3) is 11.5 Å². The molecule has 0 aliphatic rings. The Balaban J connectivity index is 1.96. The molecule has 0 spiro atoms. The maximum absolute atomic E-state index is 12.1. The Labute approximate surface area is 140 Å². The summed E-state index contributed by atoms with van der Waals surface area (Å²) in [5.74, 6) is 0.663. The number of hydrogen-bond acceptors (Lipinski definition) is 5. The third kappa shape index (κ3) is 4.82. The summed E-state index contributed by atoms with van der Waals surface area (Å²) in [4.78, 5) is 13.8. The lowest BCUT2D eigenvalue weighted by molar-refractivity contribution is -0.127. The van der Waals surface area contributed by atoms with Gasteiger partial charge in [0.05, 0.1) is 5.75 Å². The van der Waals surface area contributed by atoms with E-state index in [1.165, 1.54) is 11.8 Å². The van der Waals surface area contributed by atoms with Gasteiger partial charge in [0.15, 0.2) is 0 Å². The lowest BCUT2D eigenvalue weighted by Gasteiger charge is -2.18. The Kier molecular flexibility index (Phi) is 6.17. The van der Waals surface area contributed by atoms with Crippen molar-refractivity contribution in [2.75, 3.05) is 18.8 Å². The van der Waals surface area contributed by atoms with Crippen molar-refractivity contribution < 1.29 is 9.21 Å². The van der Waals surface area contributed by atoms with E-state index in [4.69, 9.17) is 4.42 Å². The van der Waals surface area contributed by atoms with Crippen LogP contribution in [0.4, 0.5) is 0 Å². The van der Waals surface area contributed by atoms with Crippen molar-refractivity contribution in [3.8, 4) is 11.5 Å². The molecule has 0 aliphatic heterocycles. The van der Waals surface area contributed by atoms with Crippen LogP contribution in [0.15, 0.2) is 59.2 Å². The summed E-state index contributed by atoms with van der Waals surface area (Å²) >= 11 is 1.23. The van der Waals surface area contributed by atoms with Gasteiger partial charge in [-0.1, -0.05) is 41.6 Å². The molecule has 1 aromatic carbocycles. The minimum atomic E-state index is -0.0233. The summed E-state index contributed by atoms with van der Waals surface area (Å²) < 4.78 is 5.59. The molecule has 1 heterocycles. The highest BCUT2D eigenvalue weighted by atomic mass is 32.2. The molecule has 0 bridgehead atoms. The number of aromatic nitrogens is 2. The molecule has 1 amide bonds. The van der Waals surface area contributed by atoms with E-state index in [9.17, 15) is 4.79 Å². The molecule has 0 saturated carbocycles. The smallest absolute Gasteiger partial charge is 0.277 e. The third-order valence-electron chi connectivity index (χ3n) is 3.08. The molecule has 23 heavy (non-hydrogen) atoms. The first-order valence-electron chi connectivity index (χ1n) is 7.17. The van der Waals surface area contributed by atoms with Gasteiger partial charge in [-0.15, -0.1) is 23.4 Å². The molecule has 0 atom stereocenters. The second kappa shape index (κ2) is 8.33. The minimum absolute atomic E-state index is 0.0233. The van der Waals surface area contributed by atoms with E-state index >= 15 is 0 Å². The fourth-order valence-electron chi connectivity index (χ4n) is 1.89. The number of amides is 1. The highest BCUT2D eigenvalue weighted by molar-refractivity contribution is 7.99. The topological polar surface area (TPSA) is 59.2 Å². The number of nitrogens with zero attached hydrogens (tertiary/aromatic N) is 3. The van der Waals surface area contributed by atoms with Gasteiger partial charge in [0.25, 0.3) is 5.22 Å². The Morgan fingerprint density at radius 1 is 1.22 bits per heavy atom.